The van der Waals surface area contributed by atoms with Crippen LogP contribution in [0.5, 0.6) is 11.5 Å². The van der Waals surface area contributed by atoms with Gasteiger partial charge in [0.2, 0.25) is 0 Å². The van der Waals surface area contributed by atoms with Crippen LogP contribution in [0.25, 0.3) is 0 Å². The molecule has 6 nitrogen and oxygen atoms in total. The average molecular weight is 384 g/mol. The Morgan fingerprint density at radius 2 is 1.79 bits per heavy atom. The average Bonchev–Trinajstić information content (AvgIpc) is 2.73. The number of nitrogens with zero attached hydrogens (tertiary/aromatic N) is 1. The van der Waals surface area contributed by atoms with Crippen LogP contribution in [-0.2, 0) is 22.6 Å². The molecular formula is C22H28N2O4. The first kappa shape index (κ1) is 20.2. The summed E-state index contributed by atoms with van der Waals surface area (Å²) in [5.41, 5.74) is 2.33. The largest absolute Gasteiger partial charge is 0.497 e. The standard InChI is InChI=1S/C22H28N2O4/c1-17(28-21-8-6-20(26-2)7-9-21)22(25)23-15-18-4-3-5-19(14-18)16-24-10-12-27-13-11-24/h3-9,14,17H,10-13,15-16H2,1-2H3,(H,23,25). The van der Waals surface area contributed by atoms with Crippen LogP contribution in [0.3, 0.4) is 0 Å². The van der Waals surface area contributed by atoms with E-state index >= 15 is 0 Å². The molecule has 1 amide bonds. The van der Waals surface area contributed by atoms with Crippen molar-refractivity contribution in [1.29, 1.82) is 0 Å². The molecule has 0 radical (unpaired) electrons. The second kappa shape index (κ2) is 10.1. The number of amides is 1. The molecule has 28 heavy (non-hydrogen) atoms. The van der Waals surface area contributed by atoms with Crippen LogP contribution >= 0.6 is 0 Å². The summed E-state index contributed by atoms with van der Waals surface area (Å²) in [5.74, 6) is 1.24. The summed E-state index contributed by atoms with van der Waals surface area (Å²) in [6, 6.07) is 15.5. The smallest absolute Gasteiger partial charge is 0.261 e. The van der Waals surface area contributed by atoms with E-state index in [9.17, 15) is 4.79 Å². The fourth-order valence-electron chi connectivity index (χ4n) is 3.10. The summed E-state index contributed by atoms with van der Waals surface area (Å²) >= 11 is 0. The van der Waals surface area contributed by atoms with E-state index in [2.05, 4.69) is 22.3 Å². The maximum Gasteiger partial charge on any atom is 0.261 e. The first-order chi connectivity index (χ1) is 13.6. The second-order valence-electron chi connectivity index (χ2n) is 6.86. The molecule has 3 rings (SSSR count). The zero-order valence-corrected chi connectivity index (χ0v) is 16.5. The van der Waals surface area contributed by atoms with Gasteiger partial charge in [0.25, 0.3) is 5.91 Å². The summed E-state index contributed by atoms with van der Waals surface area (Å²) in [6.45, 7) is 6.63. The van der Waals surface area contributed by atoms with Crippen molar-refractivity contribution >= 4 is 5.91 Å². The van der Waals surface area contributed by atoms with E-state index in [1.165, 1.54) is 5.56 Å². The van der Waals surface area contributed by atoms with E-state index in [-0.39, 0.29) is 5.91 Å². The van der Waals surface area contributed by atoms with Gasteiger partial charge in [0.1, 0.15) is 11.5 Å². The molecule has 1 fully saturated rings. The van der Waals surface area contributed by atoms with Crippen LogP contribution < -0.4 is 14.8 Å². The quantitative estimate of drug-likeness (QED) is 0.758. The number of hydrogen-bond acceptors (Lipinski definition) is 5. The summed E-state index contributed by atoms with van der Waals surface area (Å²) in [4.78, 5) is 14.7. The van der Waals surface area contributed by atoms with Crippen molar-refractivity contribution in [2.24, 2.45) is 0 Å². The molecule has 1 N–H and O–H groups in total. The van der Waals surface area contributed by atoms with Crippen LogP contribution in [0, 0.1) is 0 Å². The van der Waals surface area contributed by atoms with Crippen molar-refractivity contribution in [2.75, 3.05) is 33.4 Å². The predicted molar refractivity (Wildman–Crippen MR) is 107 cm³/mol. The molecule has 2 aromatic carbocycles. The lowest BCUT2D eigenvalue weighted by atomic mass is 10.1. The van der Waals surface area contributed by atoms with Crippen molar-refractivity contribution in [3.05, 3.63) is 59.7 Å². The molecule has 2 aromatic rings. The number of morpholine rings is 1. The lowest BCUT2D eigenvalue weighted by Crippen LogP contribution is -2.36. The number of carbonyl (C=O) groups is 1. The van der Waals surface area contributed by atoms with Crippen molar-refractivity contribution < 1.29 is 19.0 Å². The second-order valence-corrected chi connectivity index (χ2v) is 6.86. The fraction of sp³-hybridized carbons (Fsp3) is 0.409. The molecule has 0 saturated carbocycles. The number of hydrogen-bond donors (Lipinski definition) is 1. The highest BCUT2D eigenvalue weighted by Crippen LogP contribution is 2.18. The number of carbonyl (C=O) groups excluding carboxylic acids is 1. The van der Waals surface area contributed by atoms with E-state index in [0.717, 1.165) is 44.2 Å². The minimum absolute atomic E-state index is 0.144. The SMILES string of the molecule is COc1ccc(OC(C)C(=O)NCc2cccc(CN3CCOCC3)c2)cc1. The Kier molecular flexibility index (Phi) is 7.28. The number of benzene rings is 2. The van der Waals surface area contributed by atoms with Crippen molar-refractivity contribution in [3.8, 4) is 11.5 Å². The first-order valence-electron chi connectivity index (χ1n) is 9.60. The highest BCUT2D eigenvalue weighted by molar-refractivity contribution is 5.80. The number of methoxy groups -OCH3 is 1. The van der Waals surface area contributed by atoms with Gasteiger partial charge in [-0.15, -0.1) is 0 Å². The van der Waals surface area contributed by atoms with Gasteiger partial charge in [-0.25, -0.2) is 0 Å². The number of nitrogens with one attached hydrogen (secondary N) is 1. The van der Waals surface area contributed by atoms with Gasteiger partial charge in [0.15, 0.2) is 6.10 Å². The van der Waals surface area contributed by atoms with E-state index < -0.39 is 6.10 Å². The zero-order chi connectivity index (χ0) is 19.8. The summed E-state index contributed by atoms with van der Waals surface area (Å²) in [5, 5.41) is 2.95. The van der Waals surface area contributed by atoms with Crippen molar-refractivity contribution in [1.82, 2.24) is 10.2 Å². The summed E-state index contributed by atoms with van der Waals surface area (Å²) in [7, 11) is 1.61. The maximum absolute atomic E-state index is 12.4. The topological polar surface area (TPSA) is 60.0 Å². The highest BCUT2D eigenvalue weighted by atomic mass is 16.5. The van der Waals surface area contributed by atoms with Gasteiger partial charge in [0, 0.05) is 26.2 Å². The lowest BCUT2D eigenvalue weighted by molar-refractivity contribution is -0.127. The minimum atomic E-state index is -0.579. The third-order valence-electron chi connectivity index (χ3n) is 4.71. The Bertz CT molecular complexity index is 757. The van der Waals surface area contributed by atoms with Crippen LogP contribution in [0.2, 0.25) is 0 Å². The molecule has 0 aliphatic carbocycles. The number of rotatable bonds is 8. The molecule has 0 aromatic heterocycles. The van der Waals surface area contributed by atoms with E-state index in [4.69, 9.17) is 14.2 Å². The molecule has 1 unspecified atom stereocenters. The Morgan fingerprint density at radius 3 is 2.50 bits per heavy atom. The van der Waals surface area contributed by atoms with Gasteiger partial charge < -0.3 is 19.5 Å². The molecule has 1 aliphatic rings. The third kappa shape index (κ3) is 5.97. The number of ether oxygens (including phenoxy) is 3. The Labute approximate surface area is 166 Å². The minimum Gasteiger partial charge on any atom is -0.497 e. The molecule has 150 valence electrons. The monoisotopic (exact) mass is 384 g/mol. The Morgan fingerprint density at radius 1 is 1.11 bits per heavy atom. The molecule has 0 bridgehead atoms. The first-order valence-corrected chi connectivity index (χ1v) is 9.60. The van der Waals surface area contributed by atoms with Crippen LogP contribution in [-0.4, -0.2) is 50.3 Å². The molecule has 1 aliphatic heterocycles. The van der Waals surface area contributed by atoms with Crippen LogP contribution in [0.4, 0.5) is 0 Å². The summed E-state index contributed by atoms with van der Waals surface area (Å²) < 4.78 is 16.2. The molecular weight excluding hydrogens is 356 g/mol. The Balaban J connectivity index is 1.48. The van der Waals surface area contributed by atoms with Gasteiger partial charge in [-0.05, 0) is 42.3 Å². The van der Waals surface area contributed by atoms with Gasteiger partial charge >= 0.3 is 0 Å². The van der Waals surface area contributed by atoms with E-state index in [0.29, 0.717) is 12.3 Å². The lowest BCUT2D eigenvalue weighted by Gasteiger charge is -2.26. The van der Waals surface area contributed by atoms with E-state index in [1.54, 1.807) is 38.3 Å². The molecule has 0 spiro atoms. The zero-order valence-electron chi connectivity index (χ0n) is 16.5. The molecule has 1 saturated heterocycles. The van der Waals surface area contributed by atoms with Gasteiger partial charge in [-0.3, -0.25) is 9.69 Å². The van der Waals surface area contributed by atoms with Gasteiger partial charge in [-0.1, -0.05) is 24.3 Å². The summed E-state index contributed by atoms with van der Waals surface area (Å²) in [6.07, 6.45) is -0.579. The Hall–Kier alpha value is -2.57. The predicted octanol–water partition coefficient (Wildman–Crippen LogP) is 2.61. The normalized spacial score (nSPS) is 15.6. The van der Waals surface area contributed by atoms with E-state index in [1.807, 2.05) is 12.1 Å². The van der Waals surface area contributed by atoms with Gasteiger partial charge in [-0.2, -0.15) is 0 Å². The highest BCUT2D eigenvalue weighted by Gasteiger charge is 2.15. The van der Waals surface area contributed by atoms with Crippen LogP contribution in [0.15, 0.2) is 48.5 Å². The van der Waals surface area contributed by atoms with Crippen LogP contribution in [0.1, 0.15) is 18.1 Å². The third-order valence-corrected chi connectivity index (χ3v) is 4.71. The fourth-order valence-corrected chi connectivity index (χ4v) is 3.10. The molecule has 1 atom stereocenters. The molecule has 6 heteroatoms. The van der Waals surface area contributed by atoms with Gasteiger partial charge in [0.05, 0.1) is 20.3 Å². The maximum atomic E-state index is 12.4. The van der Waals surface area contributed by atoms with Crippen molar-refractivity contribution in [2.45, 2.75) is 26.1 Å². The molecule has 1 heterocycles. The van der Waals surface area contributed by atoms with Crippen molar-refractivity contribution in [3.63, 3.8) is 0 Å².